The van der Waals surface area contributed by atoms with Gasteiger partial charge in [0.2, 0.25) is 11.8 Å². The minimum absolute atomic E-state index is 0.119. The molecule has 2 N–H and O–H groups in total. The molecule has 0 heterocycles. The van der Waals surface area contributed by atoms with E-state index in [1.165, 1.54) is 6.08 Å². The van der Waals surface area contributed by atoms with Gasteiger partial charge in [0.15, 0.2) is 11.5 Å². The molecule has 0 aliphatic carbocycles. The Morgan fingerprint density at radius 3 is 2.54 bits per heavy atom. The molecular formula is C21H23BrN2O4. The van der Waals surface area contributed by atoms with Gasteiger partial charge in [0.1, 0.15) is 0 Å². The largest absolute Gasteiger partial charge is 0.493 e. The number of halogens is 1. The van der Waals surface area contributed by atoms with Gasteiger partial charge >= 0.3 is 0 Å². The molecule has 7 heteroatoms. The summed E-state index contributed by atoms with van der Waals surface area (Å²) in [6.07, 6.45) is 3.92. The molecule has 0 saturated heterocycles. The van der Waals surface area contributed by atoms with E-state index in [1.807, 2.05) is 25.1 Å². The van der Waals surface area contributed by atoms with Gasteiger partial charge in [0, 0.05) is 16.2 Å². The van der Waals surface area contributed by atoms with Gasteiger partial charge in [-0.25, -0.2) is 0 Å². The van der Waals surface area contributed by atoms with Crippen LogP contribution in [0.3, 0.4) is 0 Å². The first-order valence-corrected chi connectivity index (χ1v) is 9.63. The highest BCUT2D eigenvalue weighted by Crippen LogP contribution is 2.28. The molecule has 2 aromatic rings. The Hall–Kier alpha value is -2.80. The predicted octanol–water partition coefficient (Wildman–Crippen LogP) is 4.01. The maximum absolute atomic E-state index is 11.9. The molecule has 0 saturated carbocycles. The zero-order chi connectivity index (χ0) is 20.4. The number of rotatable bonds is 9. The molecular weight excluding hydrogens is 424 g/mol. The van der Waals surface area contributed by atoms with Crippen molar-refractivity contribution in [3.8, 4) is 11.5 Å². The van der Waals surface area contributed by atoms with Gasteiger partial charge in [-0.15, -0.1) is 0 Å². The van der Waals surface area contributed by atoms with Gasteiger partial charge in [0.05, 0.1) is 20.3 Å². The summed E-state index contributed by atoms with van der Waals surface area (Å²) < 4.78 is 11.8. The van der Waals surface area contributed by atoms with Crippen molar-refractivity contribution in [1.29, 1.82) is 0 Å². The van der Waals surface area contributed by atoms with Gasteiger partial charge in [-0.3, -0.25) is 9.59 Å². The lowest BCUT2D eigenvalue weighted by Crippen LogP contribution is -2.31. The molecule has 148 valence electrons. The molecule has 0 aromatic heterocycles. The first-order valence-electron chi connectivity index (χ1n) is 8.84. The molecule has 2 rings (SSSR count). The fourth-order valence-electron chi connectivity index (χ4n) is 2.26. The van der Waals surface area contributed by atoms with Crippen molar-refractivity contribution in [2.75, 3.05) is 25.6 Å². The second-order valence-electron chi connectivity index (χ2n) is 5.86. The number of ether oxygens (including phenoxy) is 2. The number of nitrogens with one attached hydrogen (secondary N) is 2. The van der Waals surface area contributed by atoms with Crippen LogP contribution in [0.4, 0.5) is 5.69 Å². The summed E-state index contributed by atoms with van der Waals surface area (Å²) in [4.78, 5) is 23.8. The Bertz CT molecular complexity index is 835. The van der Waals surface area contributed by atoms with E-state index in [0.29, 0.717) is 23.8 Å². The number of benzene rings is 2. The van der Waals surface area contributed by atoms with E-state index in [0.717, 1.165) is 16.5 Å². The van der Waals surface area contributed by atoms with Crippen molar-refractivity contribution >= 4 is 39.5 Å². The van der Waals surface area contributed by atoms with E-state index >= 15 is 0 Å². The second kappa shape index (κ2) is 11.1. The van der Waals surface area contributed by atoms with Gasteiger partial charge < -0.3 is 20.1 Å². The number of amides is 2. The summed E-state index contributed by atoms with van der Waals surface area (Å²) in [7, 11) is 1.57. The molecule has 0 aliphatic heterocycles. The third-order valence-electron chi connectivity index (χ3n) is 3.63. The molecule has 0 spiro atoms. The molecule has 0 bridgehead atoms. The van der Waals surface area contributed by atoms with Crippen molar-refractivity contribution in [3.05, 3.63) is 58.6 Å². The number of hydrogen-bond acceptors (Lipinski definition) is 4. The first kappa shape index (κ1) is 21.5. The summed E-state index contributed by atoms with van der Waals surface area (Å²) in [5, 5.41) is 5.26. The number of anilines is 1. The van der Waals surface area contributed by atoms with Gasteiger partial charge in [-0.2, -0.15) is 0 Å². The standard InChI is InChI=1S/C21H23BrN2O4/c1-3-12-28-18-10-4-15(13-19(18)27-2)5-11-20(25)23-14-21(26)24-17-8-6-16(22)7-9-17/h4-11,13H,3,12,14H2,1-2H3,(H,23,25)(H,24,26). The van der Waals surface area contributed by atoms with E-state index in [1.54, 1.807) is 37.5 Å². The third kappa shape index (κ3) is 7.08. The maximum Gasteiger partial charge on any atom is 0.244 e. The zero-order valence-corrected chi connectivity index (χ0v) is 17.4. The third-order valence-corrected chi connectivity index (χ3v) is 4.16. The molecule has 2 aromatic carbocycles. The fraction of sp³-hybridized carbons (Fsp3) is 0.238. The van der Waals surface area contributed by atoms with Crippen LogP contribution >= 0.6 is 15.9 Å². The van der Waals surface area contributed by atoms with Crippen LogP contribution in [0.1, 0.15) is 18.9 Å². The molecule has 0 aliphatic rings. The van der Waals surface area contributed by atoms with Crippen molar-refractivity contribution in [2.24, 2.45) is 0 Å². The van der Waals surface area contributed by atoms with Gasteiger partial charge in [0.25, 0.3) is 0 Å². The van der Waals surface area contributed by atoms with E-state index in [-0.39, 0.29) is 18.4 Å². The summed E-state index contributed by atoms with van der Waals surface area (Å²) in [6.45, 7) is 2.52. The normalized spacial score (nSPS) is 10.5. The first-order chi connectivity index (χ1) is 13.5. The molecule has 0 unspecified atom stereocenters. The average Bonchev–Trinajstić information content (AvgIpc) is 2.71. The SMILES string of the molecule is CCCOc1ccc(C=CC(=O)NCC(=O)Nc2ccc(Br)cc2)cc1OC. The average molecular weight is 447 g/mol. The minimum Gasteiger partial charge on any atom is -0.493 e. The Kier molecular flexibility index (Phi) is 8.55. The number of carbonyl (C=O) groups excluding carboxylic acids is 2. The van der Waals surface area contributed by atoms with Crippen molar-refractivity contribution < 1.29 is 19.1 Å². The summed E-state index contributed by atoms with van der Waals surface area (Å²) in [6, 6.07) is 12.6. The van der Waals surface area contributed by atoms with Crippen LogP contribution in [-0.4, -0.2) is 32.1 Å². The van der Waals surface area contributed by atoms with Crippen molar-refractivity contribution in [2.45, 2.75) is 13.3 Å². The van der Waals surface area contributed by atoms with Gasteiger partial charge in [-0.1, -0.05) is 28.9 Å². The summed E-state index contributed by atoms with van der Waals surface area (Å²) >= 11 is 3.33. The quantitative estimate of drug-likeness (QED) is 0.570. The van der Waals surface area contributed by atoms with Crippen LogP contribution in [0.2, 0.25) is 0 Å². The summed E-state index contributed by atoms with van der Waals surface area (Å²) in [5.41, 5.74) is 1.45. The highest BCUT2D eigenvalue weighted by atomic mass is 79.9. The zero-order valence-electron chi connectivity index (χ0n) is 15.8. The van der Waals surface area contributed by atoms with Crippen LogP contribution in [0.25, 0.3) is 6.08 Å². The monoisotopic (exact) mass is 446 g/mol. The highest BCUT2D eigenvalue weighted by molar-refractivity contribution is 9.10. The number of carbonyl (C=O) groups is 2. The van der Waals surface area contributed by atoms with E-state index < -0.39 is 0 Å². The number of hydrogen-bond donors (Lipinski definition) is 2. The molecule has 6 nitrogen and oxygen atoms in total. The minimum atomic E-state index is -0.365. The fourth-order valence-corrected chi connectivity index (χ4v) is 2.52. The lowest BCUT2D eigenvalue weighted by Gasteiger charge is -2.10. The maximum atomic E-state index is 11.9. The predicted molar refractivity (Wildman–Crippen MR) is 114 cm³/mol. The van der Waals surface area contributed by atoms with Crippen LogP contribution in [0.15, 0.2) is 53.0 Å². The Balaban J connectivity index is 1.85. The summed E-state index contributed by atoms with van der Waals surface area (Å²) in [5.74, 6) is 0.597. The topological polar surface area (TPSA) is 76.7 Å². The molecule has 0 radical (unpaired) electrons. The molecule has 0 fully saturated rings. The van der Waals surface area contributed by atoms with Crippen LogP contribution < -0.4 is 20.1 Å². The van der Waals surface area contributed by atoms with Crippen molar-refractivity contribution in [3.63, 3.8) is 0 Å². The number of methoxy groups -OCH3 is 1. The van der Waals surface area contributed by atoms with Crippen LogP contribution in [0, 0.1) is 0 Å². The Morgan fingerprint density at radius 1 is 1.11 bits per heavy atom. The van der Waals surface area contributed by atoms with E-state index in [4.69, 9.17) is 9.47 Å². The lowest BCUT2D eigenvalue weighted by atomic mass is 10.2. The van der Waals surface area contributed by atoms with Gasteiger partial charge in [-0.05, 0) is 54.5 Å². The Labute approximate surface area is 173 Å². The highest BCUT2D eigenvalue weighted by Gasteiger charge is 2.06. The molecule has 0 atom stereocenters. The Morgan fingerprint density at radius 2 is 1.86 bits per heavy atom. The second-order valence-corrected chi connectivity index (χ2v) is 6.78. The van der Waals surface area contributed by atoms with E-state index in [2.05, 4.69) is 26.6 Å². The lowest BCUT2D eigenvalue weighted by molar-refractivity contribution is -0.121. The molecule has 2 amide bonds. The van der Waals surface area contributed by atoms with Crippen LogP contribution in [0.5, 0.6) is 11.5 Å². The smallest absolute Gasteiger partial charge is 0.244 e. The van der Waals surface area contributed by atoms with Crippen LogP contribution in [-0.2, 0) is 9.59 Å². The van der Waals surface area contributed by atoms with E-state index in [9.17, 15) is 9.59 Å². The molecule has 28 heavy (non-hydrogen) atoms. The van der Waals surface area contributed by atoms with Crippen molar-refractivity contribution in [1.82, 2.24) is 5.32 Å².